The molecule has 1 amide bonds. The Balaban J connectivity index is 1.64. The third kappa shape index (κ3) is 4.96. The van der Waals surface area contributed by atoms with Gasteiger partial charge in [0, 0.05) is 16.1 Å². The van der Waals surface area contributed by atoms with Crippen LogP contribution >= 0.6 is 11.6 Å². The van der Waals surface area contributed by atoms with Crippen LogP contribution in [0, 0.1) is 0 Å². The van der Waals surface area contributed by atoms with E-state index in [2.05, 4.69) is 10.5 Å². The van der Waals surface area contributed by atoms with E-state index in [1.165, 1.54) is 0 Å². The minimum absolute atomic E-state index is 0.136. The van der Waals surface area contributed by atoms with Gasteiger partial charge in [0.1, 0.15) is 5.75 Å². The van der Waals surface area contributed by atoms with E-state index in [4.69, 9.17) is 16.3 Å². The quantitative estimate of drug-likeness (QED) is 0.488. The van der Waals surface area contributed by atoms with Crippen molar-refractivity contribution in [1.82, 2.24) is 5.43 Å². The summed E-state index contributed by atoms with van der Waals surface area (Å²) >= 11 is 6.13. The molecule has 0 fully saturated rings. The Morgan fingerprint density at radius 2 is 1.63 bits per heavy atom. The minimum Gasteiger partial charge on any atom is -0.483 e. The maximum absolute atomic E-state index is 12.1. The number of rotatable bonds is 6. The molecule has 0 aliphatic rings. The van der Waals surface area contributed by atoms with Crippen molar-refractivity contribution >= 4 is 23.2 Å². The lowest BCUT2D eigenvalue weighted by atomic mass is 10.1. The van der Waals surface area contributed by atoms with E-state index >= 15 is 0 Å². The van der Waals surface area contributed by atoms with Crippen molar-refractivity contribution in [2.75, 3.05) is 6.61 Å². The lowest BCUT2D eigenvalue weighted by molar-refractivity contribution is -0.123. The van der Waals surface area contributed by atoms with E-state index in [1.54, 1.807) is 13.0 Å². The van der Waals surface area contributed by atoms with Gasteiger partial charge in [-0.3, -0.25) is 4.79 Å². The Kier molecular flexibility index (Phi) is 6.23. The molecule has 0 radical (unpaired) electrons. The highest BCUT2D eigenvalue weighted by molar-refractivity contribution is 6.34. The molecule has 0 saturated carbocycles. The summed E-state index contributed by atoms with van der Waals surface area (Å²) in [6.45, 7) is 1.65. The normalized spacial score (nSPS) is 11.1. The van der Waals surface area contributed by atoms with Crippen molar-refractivity contribution in [1.29, 1.82) is 0 Å². The van der Waals surface area contributed by atoms with Gasteiger partial charge in [0.25, 0.3) is 5.91 Å². The smallest absolute Gasteiger partial charge is 0.277 e. The maximum atomic E-state index is 12.1. The van der Waals surface area contributed by atoms with Gasteiger partial charge in [-0.05, 0) is 24.6 Å². The largest absolute Gasteiger partial charge is 0.483 e. The fourth-order valence-corrected chi connectivity index (χ4v) is 2.86. The van der Waals surface area contributed by atoms with Crippen LogP contribution < -0.4 is 10.2 Å². The van der Waals surface area contributed by atoms with Gasteiger partial charge >= 0.3 is 0 Å². The molecule has 0 aromatic heterocycles. The highest BCUT2D eigenvalue weighted by Gasteiger charge is 2.08. The molecule has 4 nitrogen and oxygen atoms in total. The number of hydrogen-bond acceptors (Lipinski definition) is 3. The molecular weight excluding hydrogens is 360 g/mol. The van der Waals surface area contributed by atoms with Gasteiger partial charge in [0.2, 0.25) is 0 Å². The van der Waals surface area contributed by atoms with Crippen LogP contribution in [0.15, 0.2) is 84.0 Å². The van der Waals surface area contributed by atoms with Crippen LogP contribution in [0.3, 0.4) is 0 Å². The Morgan fingerprint density at radius 1 is 0.963 bits per heavy atom. The molecule has 0 spiro atoms. The third-order valence-corrected chi connectivity index (χ3v) is 4.27. The number of carbonyl (C=O) groups excluding carboxylic acids is 1. The predicted molar refractivity (Wildman–Crippen MR) is 109 cm³/mol. The second kappa shape index (κ2) is 9.01. The molecule has 0 saturated heterocycles. The van der Waals surface area contributed by atoms with Gasteiger partial charge in [-0.1, -0.05) is 78.3 Å². The topological polar surface area (TPSA) is 50.7 Å². The molecule has 0 atom stereocenters. The zero-order valence-electron chi connectivity index (χ0n) is 14.9. The molecule has 0 unspecified atom stereocenters. The van der Waals surface area contributed by atoms with Gasteiger partial charge in [-0.25, -0.2) is 5.43 Å². The van der Waals surface area contributed by atoms with Gasteiger partial charge < -0.3 is 4.74 Å². The average Bonchev–Trinajstić information content (AvgIpc) is 2.71. The first kappa shape index (κ1) is 18.7. The third-order valence-electron chi connectivity index (χ3n) is 3.94. The maximum Gasteiger partial charge on any atom is 0.277 e. The summed E-state index contributed by atoms with van der Waals surface area (Å²) in [5.74, 6) is 0.301. The molecule has 3 aromatic rings. The first-order valence-electron chi connectivity index (χ1n) is 8.50. The summed E-state index contributed by atoms with van der Waals surface area (Å²) < 4.78 is 5.71. The number of benzene rings is 3. The number of amides is 1. The second-order valence-corrected chi connectivity index (χ2v) is 6.27. The van der Waals surface area contributed by atoms with Crippen molar-refractivity contribution in [2.24, 2.45) is 5.10 Å². The molecule has 0 aliphatic heterocycles. The number of nitrogens with zero attached hydrogens (tertiary/aromatic N) is 1. The van der Waals surface area contributed by atoms with Crippen LogP contribution in [0.5, 0.6) is 5.75 Å². The number of para-hydroxylation sites is 1. The first-order chi connectivity index (χ1) is 13.1. The summed E-state index contributed by atoms with van der Waals surface area (Å²) in [5.41, 5.74) is 5.86. The Labute approximate surface area is 163 Å². The Hall–Kier alpha value is -3.11. The number of nitrogens with one attached hydrogen (secondary N) is 1. The monoisotopic (exact) mass is 378 g/mol. The van der Waals surface area contributed by atoms with Crippen LogP contribution in [0.2, 0.25) is 5.02 Å². The van der Waals surface area contributed by atoms with Crippen LogP contribution in [-0.4, -0.2) is 18.2 Å². The van der Waals surface area contributed by atoms with Crippen molar-refractivity contribution in [3.63, 3.8) is 0 Å². The Bertz CT molecular complexity index is 955. The molecule has 3 aromatic carbocycles. The van der Waals surface area contributed by atoms with Gasteiger partial charge in [-0.15, -0.1) is 0 Å². The van der Waals surface area contributed by atoms with E-state index in [-0.39, 0.29) is 12.5 Å². The lowest BCUT2D eigenvalue weighted by Crippen LogP contribution is -2.25. The van der Waals surface area contributed by atoms with Crippen molar-refractivity contribution in [3.8, 4) is 16.9 Å². The van der Waals surface area contributed by atoms with Crippen molar-refractivity contribution in [3.05, 3.63) is 89.4 Å². The zero-order chi connectivity index (χ0) is 19.1. The number of hydrogen-bond donors (Lipinski definition) is 1. The number of hydrazone groups is 1. The van der Waals surface area contributed by atoms with E-state index in [0.29, 0.717) is 16.5 Å². The van der Waals surface area contributed by atoms with Crippen molar-refractivity contribution < 1.29 is 9.53 Å². The summed E-state index contributed by atoms with van der Waals surface area (Å²) in [5, 5.41) is 4.68. The second-order valence-electron chi connectivity index (χ2n) is 5.86. The molecule has 1 N–H and O–H groups in total. The highest BCUT2D eigenvalue weighted by Crippen LogP contribution is 2.29. The van der Waals surface area contributed by atoms with Crippen LogP contribution in [-0.2, 0) is 4.79 Å². The fourth-order valence-electron chi connectivity index (χ4n) is 2.59. The van der Waals surface area contributed by atoms with Crippen LogP contribution in [0.4, 0.5) is 0 Å². The highest BCUT2D eigenvalue weighted by atomic mass is 35.5. The SMILES string of the molecule is C/C(=N/NC(=O)COc1ccccc1-c1ccccc1)c1ccccc1Cl. The van der Waals surface area contributed by atoms with Gasteiger partial charge in [0.15, 0.2) is 6.61 Å². The number of halogens is 1. The van der Waals surface area contributed by atoms with Crippen LogP contribution in [0.25, 0.3) is 11.1 Å². The van der Waals surface area contributed by atoms with Gasteiger partial charge in [0.05, 0.1) is 5.71 Å². The number of carbonyl (C=O) groups is 1. The summed E-state index contributed by atoms with van der Waals surface area (Å²) in [7, 11) is 0. The molecule has 0 heterocycles. The Morgan fingerprint density at radius 3 is 2.41 bits per heavy atom. The first-order valence-corrected chi connectivity index (χ1v) is 8.88. The molecule has 136 valence electrons. The zero-order valence-corrected chi connectivity index (χ0v) is 15.6. The molecule has 0 aliphatic carbocycles. The van der Waals surface area contributed by atoms with E-state index in [0.717, 1.165) is 16.7 Å². The van der Waals surface area contributed by atoms with E-state index < -0.39 is 0 Å². The van der Waals surface area contributed by atoms with E-state index in [1.807, 2.05) is 72.8 Å². The minimum atomic E-state index is -0.343. The molecule has 27 heavy (non-hydrogen) atoms. The summed E-state index contributed by atoms with van der Waals surface area (Å²) in [6.07, 6.45) is 0. The molecule has 0 bridgehead atoms. The molecule has 5 heteroatoms. The van der Waals surface area contributed by atoms with Crippen molar-refractivity contribution in [2.45, 2.75) is 6.92 Å². The standard InChI is InChI=1S/C22H19ClN2O2/c1-16(18-11-5-7-13-20(18)23)24-25-22(26)15-27-21-14-8-6-12-19(21)17-9-3-2-4-10-17/h2-14H,15H2,1H3,(H,25,26)/b24-16-. The lowest BCUT2D eigenvalue weighted by Gasteiger charge is -2.11. The summed E-state index contributed by atoms with van der Waals surface area (Å²) in [6, 6.07) is 24.8. The average molecular weight is 379 g/mol. The summed E-state index contributed by atoms with van der Waals surface area (Å²) in [4.78, 5) is 12.1. The fraction of sp³-hybridized carbons (Fsp3) is 0.0909. The predicted octanol–water partition coefficient (Wildman–Crippen LogP) is 4.93. The molecule has 3 rings (SSSR count). The number of ether oxygens (including phenoxy) is 1. The van der Waals surface area contributed by atoms with E-state index in [9.17, 15) is 4.79 Å². The van der Waals surface area contributed by atoms with Crippen LogP contribution in [0.1, 0.15) is 12.5 Å². The van der Waals surface area contributed by atoms with Gasteiger partial charge in [-0.2, -0.15) is 5.10 Å². The molecular formula is C22H19ClN2O2.